The highest BCUT2D eigenvalue weighted by Gasteiger charge is 2.47. The van der Waals surface area contributed by atoms with Crippen molar-refractivity contribution in [3.63, 3.8) is 0 Å². The lowest BCUT2D eigenvalue weighted by Gasteiger charge is -2.14. The highest BCUT2D eigenvalue weighted by molar-refractivity contribution is 7.21. The van der Waals surface area contributed by atoms with Crippen molar-refractivity contribution < 1.29 is 14.3 Å². The Morgan fingerprint density at radius 3 is 2.59 bits per heavy atom. The average Bonchev–Trinajstić information content (AvgIpc) is 3.52. The second-order valence-electron chi connectivity index (χ2n) is 8.55. The molecule has 1 aliphatic rings. The fourth-order valence-corrected chi connectivity index (χ4v) is 5.23. The van der Waals surface area contributed by atoms with Gasteiger partial charge < -0.3 is 10.4 Å². The number of rotatable bonds is 8. The summed E-state index contributed by atoms with van der Waals surface area (Å²) in [5, 5.41) is 12.5. The predicted octanol–water partition coefficient (Wildman–Crippen LogP) is 6.12. The molecule has 2 aromatic heterocycles. The van der Waals surface area contributed by atoms with Gasteiger partial charge in [-0.2, -0.15) is 0 Å². The summed E-state index contributed by atoms with van der Waals surface area (Å²) < 4.78 is 15.0. The van der Waals surface area contributed by atoms with Crippen molar-refractivity contribution in [1.82, 2.24) is 15.3 Å². The van der Waals surface area contributed by atoms with Crippen LogP contribution >= 0.6 is 23.7 Å². The van der Waals surface area contributed by atoms with Crippen molar-refractivity contribution >= 4 is 40.1 Å². The lowest BCUT2D eigenvalue weighted by molar-refractivity contribution is -0.136. The summed E-state index contributed by atoms with van der Waals surface area (Å²) in [7, 11) is 0. The summed E-state index contributed by atoms with van der Waals surface area (Å²) in [5.74, 6) is -1.21. The van der Waals surface area contributed by atoms with E-state index >= 15 is 0 Å². The number of benzene rings is 2. The molecule has 2 heterocycles. The summed E-state index contributed by atoms with van der Waals surface area (Å²) in [4.78, 5) is 21.1. The van der Waals surface area contributed by atoms with Gasteiger partial charge in [0.05, 0.1) is 12.1 Å². The SMILES string of the molecule is C[C@H](NCCC(=O)O)c1ccc(-c2nc3ccc(C4(c5ccccc5)CC4)nc3s2)c(F)c1.Cl. The topological polar surface area (TPSA) is 75.1 Å². The molecule has 0 aliphatic heterocycles. The molecule has 4 aromatic rings. The number of fused-ring (bicyclic) bond motifs is 1. The van der Waals surface area contributed by atoms with Crippen LogP contribution in [0.25, 0.3) is 20.9 Å². The Hall–Kier alpha value is -2.87. The fourth-order valence-electron chi connectivity index (χ4n) is 4.26. The van der Waals surface area contributed by atoms with Crippen LogP contribution in [-0.2, 0) is 10.2 Å². The van der Waals surface area contributed by atoms with Crippen LogP contribution in [0, 0.1) is 5.82 Å². The van der Waals surface area contributed by atoms with Gasteiger partial charge in [-0.05, 0) is 55.2 Å². The molecule has 0 spiro atoms. The molecule has 176 valence electrons. The van der Waals surface area contributed by atoms with Crippen LogP contribution in [0.5, 0.6) is 0 Å². The van der Waals surface area contributed by atoms with E-state index < -0.39 is 5.97 Å². The van der Waals surface area contributed by atoms with Crippen molar-refractivity contribution in [2.45, 2.75) is 37.6 Å². The largest absolute Gasteiger partial charge is 0.481 e. The lowest BCUT2D eigenvalue weighted by Crippen LogP contribution is -2.22. The van der Waals surface area contributed by atoms with E-state index in [1.165, 1.54) is 23.0 Å². The quantitative estimate of drug-likeness (QED) is 0.306. The Kier molecular flexibility index (Phi) is 6.98. The molecule has 0 bridgehead atoms. The number of hydrogen-bond donors (Lipinski definition) is 2. The fraction of sp³-hybridized carbons (Fsp3) is 0.269. The van der Waals surface area contributed by atoms with Crippen LogP contribution in [0.15, 0.2) is 60.7 Å². The summed E-state index contributed by atoms with van der Waals surface area (Å²) in [6.45, 7) is 2.22. The van der Waals surface area contributed by atoms with E-state index in [4.69, 9.17) is 10.1 Å². The summed E-state index contributed by atoms with van der Waals surface area (Å²) >= 11 is 1.41. The number of halogens is 2. The maximum absolute atomic E-state index is 15.0. The van der Waals surface area contributed by atoms with Crippen molar-refractivity contribution in [1.29, 1.82) is 0 Å². The van der Waals surface area contributed by atoms with Gasteiger partial charge in [0.2, 0.25) is 0 Å². The van der Waals surface area contributed by atoms with E-state index in [2.05, 4.69) is 40.6 Å². The standard InChI is InChI=1S/C26H24FN3O2S.ClH/c1-16(28-14-11-23(31)32)17-7-8-19(20(27)15-17)24-29-21-9-10-22(30-25(21)33-24)26(12-13-26)18-5-3-2-4-6-18;/h2-10,15-16,28H,11-14H2,1H3,(H,31,32);1H/t16-;/m0./s1. The van der Waals surface area contributed by atoms with Gasteiger partial charge in [-0.25, -0.2) is 14.4 Å². The smallest absolute Gasteiger partial charge is 0.304 e. The molecule has 0 amide bonds. The van der Waals surface area contributed by atoms with Crippen LogP contribution in [0.4, 0.5) is 4.39 Å². The summed E-state index contributed by atoms with van der Waals surface area (Å²) in [5.41, 5.74) is 4.31. The third-order valence-corrected chi connectivity index (χ3v) is 7.33. The number of hydrogen-bond acceptors (Lipinski definition) is 5. The maximum atomic E-state index is 15.0. The molecule has 5 rings (SSSR count). The number of thiazole rings is 1. The second kappa shape index (κ2) is 9.78. The number of aromatic nitrogens is 2. The third kappa shape index (κ3) is 4.69. The first-order valence-electron chi connectivity index (χ1n) is 11.0. The van der Waals surface area contributed by atoms with Gasteiger partial charge in [0, 0.05) is 23.6 Å². The predicted molar refractivity (Wildman–Crippen MR) is 135 cm³/mol. The van der Waals surface area contributed by atoms with E-state index in [1.807, 2.05) is 25.1 Å². The first-order chi connectivity index (χ1) is 16.0. The van der Waals surface area contributed by atoms with Gasteiger partial charge >= 0.3 is 5.97 Å². The second-order valence-corrected chi connectivity index (χ2v) is 9.52. The zero-order chi connectivity index (χ0) is 23.0. The number of pyridine rings is 1. The molecule has 8 heteroatoms. The zero-order valence-corrected chi connectivity index (χ0v) is 20.3. The van der Waals surface area contributed by atoms with Gasteiger partial charge in [0.1, 0.15) is 21.2 Å². The van der Waals surface area contributed by atoms with Crippen LogP contribution in [0.2, 0.25) is 0 Å². The number of nitrogens with one attached hydrogen (secondary N) is 1. The minimum atomic E-state index is -0.861. The molecular formula is C26H25ClFN3O2S. The van der Waals surface area contributed by atoms with Gasteiger partial charge in [-0.1, -0.05) is 47.7 Å². The first kappa shape index (κ1) is 24.3. The van der Waals surface area contributed by atoms with Gasteiger partial charge in [-0.15, -0.1) is 12.4 Å². The van der Waals surface area contributed by atoms with E-state index in [0.29, 0.717) is 17.1 Å². The summed E-state index contributed by atoms with van der Waals surface area (Å²) in [6, 6.07) is 19.4. The molecule has 2 N–H and O–H groups in total. The minimum absolute atomic E-state index is 0. The van der Waals surface area contributed by atoms with E-state index in [1.54, 1.807) is 6.07 Å². The molecule has 5 nitrogen and oxygen atoms in total. The maximum Gasteiger partial charge on any atom is 0.304 e. The zero-order valence-electron chi connectivity index (χ0n) is 18.6. The van der Waals surface area contributed by atoms with Crippen molar-refractivity contribution in [2.75, 3.05) is 6.54 Å². The highest BCUT2D eigenvalue weighted by Crippen LogP contribution is 2.53. The van der Waals surface area contributed by atoms with E-state index in [9.17, 15) is 9.18 Å². The molecule has 1 fully saturated rings. The molecule has 1 aliphatic carbocycles. The van der Waals surface area contributed by atoms with Crippen molar-refractivity contribution in [3.05, 3.63) is 83.3 Å². The Morgan fingerprint density at radius 1 is 1.15 bits per heavy atom. The number of aliphatic carboxylic acids is 1. The Balaban J connectivity index is 0.00000274. The number of carboxylic acids is 1. The van der Waals surface area contributed by atoms with Crippen LogP contribution in [0.1, 0.15) is 49.0 Å². The van der Waals surface area contributed by atoms with Crippen LogP contribution in [0.3, 0.4) is 0 Å². The van der Waals surface area contributed by atoms with Gasteiger partial charge in [0.25, 0.3) is 0 Å². The highest BCUT2D eigenvalue weighted by atomic mass is 35.5. The molecule has 0 radical (unpaired) electrons. The lowest BCUT2D eigenvalue weighted by atomic mass is 9.92. The number of carboxylic acid groups (broad SMARTS) is 1. The molecule has 0 unspecified atom stereocenters. The number of nitrogens with zero attached hydrogens (tertiary/aromatic N) is 2. The monoisotopic (exact) mass is 497 g/mol. The van der Waals surface area contributed by atoms with Crippen LogP contribution < -0.4 is 5.32 Å². The molecule has 2 aromatic carbocycles. The third-order valence-electron chi connectivity index (χ3n) is 6.34. The Bertz CT molecular complexity index is 1320. The van der Waals surface area contributed by atoms with Gasteiger partial charge in [0.15, 0.2) is 0 Å². The molecule has 1 saturated carbocycles. The summed E-state index contributed by atoms with van der Waals surface area (Å²) in [6.07, 6.45) is 2.18. The Labute approximate surface area is 207 Å². The molecule has 1 atom stereocenters. The minimum Gasteiger partial charge on any atom is -0.481 e. The van der Waals surface area contributed by atoms with E-state index in [-0.39, 0.29) is 36.1 Å². The molecule has 34 heavy (non-hydrogen) atoms. The normalized spacial score (nSPS) is 15.0. The Morgan fingerprint density at radius 2 is 1.91 bits per heavy atom. The van der Waals surface area contributed by atoms with Crippen molar-refractivity contribution in [3.8, 4) is 10.6 Å². The molecular weight excluding hydrogens is 473 g/mol. The molecule has 0 saturated heterocycles. The first-order valence-corrected chi connectivity index (χ1v) is 11.9. The van der Waals surface area contributed by atoms with E-state index in [0.717, 1.165) is 34.4 Å². The van der Waals surface area contributed by atoms with Crippen LogP contribution in [-0.4, -0.2) is 27.6 Å². The van der Waals surface area contributed by atoms with Crippen molar-refractivity contribution in [2.24, 2.45) is 0 Å². The van der Waals surface area contributed by atoms with Gasteiger partial charge in [-0.3, -0.25) is 4.79 Å². The number of carbonyl (C=O) groups is 1. The average molecular weight is 498 g/mol.